The van der Waals surface area contributed by atoms with Crippen LogP contribution in [0.2, 0.25) is 0 Å². The quantitative estimate of drug-likeness (QED) is 0.867. The predicted molar refractivity (Wildman–Crippen MR) is 73.4 cm³/mol. The summed E-state index contributed by atoms with van der Waals surface area (Å²) in [5, 5.41) is 3.56. The topological polar surface area (TPSA) is 40.7 Å². The van der Waals surface area contributed by atoms with E-state index in [1.54, 1.807) is 0 Å². The van der Waals surface area contributed by atoms with Crippen molar-refractivity contribution < 1.29 is 0 Å². The molecule has 3 heteroatoms. The summed E-state index contributed by atoms with van der Waals surface area (Å²) >= 11 is 0. The lowest BCUT2D eigenvalue weighted by Crippen LogP contribution is -2.35. The molecule has 0 unspecified atom stereocenters. The third-order valence-corrected chi connectivity index (χ3v) is 3.57. The third-order valence-electron chi connectivity index (χ3n) is 3.57. The molecule has 1 aliphatic rings. The van der Waals surface area contributed by atoms with Crippen molar-refractivity contribution in [2.75, 3.05) is 6.54 Å². The van der Waals surface area contributed by atoms with Gasteiger partial charge in [-0.05, 0) is 24.9 Å². The Hall–Kier alpha value is -1.61. The molecule has 0 spiro atoms. The molecule has 0 amide bonds. The first-order valence-electron chi connectivity index (χ1n) is 6.74. The number of imidazole rings is 1. The zero-order valence-corrected chi connectivity index (χ0v) is 10.5. The van der Waals surface area contributed by atoms with Crippen molar-refractivity contribution in [3.8, 4) is 11.3 Å². The summed E-state index contributed by atoms with van der Waals surface area (Å²) in [6.07, 6.45) is 6.86. The number of nitrogens with zero attached hydrogens (tertiary/aromatic N) is 1. The molecule has 1 aliphatic heterocycles. The van der Waals surface area contributed by atoms with Crippen LogP contribution in [0, 0.1) is 0 Å². The molecule has 2 heterocycles. The van der Waals surface area contributed by atoms with E-state index < -0.39 is 0 Å². The van der Waals surface area contributed by atoms with Gasteiger partial charge in [0, 0.05) is 12.5 Å². The van der Waals surface area contributed by atoms with Crippen LogP contribution in [-0.2, 0) is 6.42 Å². The fraction of sp³-hybridized carbons (Fsp3) is 0.400. The van der Waals surface area contributed by atoms with Crippen LogP contribution in [0.3, 0.4) is 0 Å². The largest absolute Gasteiger partial charge is 0.342 e. The number of nitrogens with one attached hydrogen (secondary N) is 2. The van der Waals surface area contributed by atoms with E-state index in [0.717, 1.165) is 24.5 Å². The zero-order chi connectivity index (χ0) is 12.2. The molecule has 0 saturated carbocycles. The molecule has 1 atom stereocenters. The van der Waals surface area contributed by atoms with Gasteiger partial charge in [-0.25, -0.2) is 4.98 Å². The number of rotatable bonds is 3. The average molecular weight is 241 g/mol. The van der Waals surface area contributed by atoms with Crippen LogP contribution >= 0.6 is 0 Å². The van der Waals surface area contributed by atoms with Gasteiger partial charge in [0.15, 0.2) is 0 Å². The highest BCUT2D eigenvalue weighted by atomic mass is 15.0. The molecule has 1 aromatic heterocycles. The van der Waals surface area contributed by atoms with Gasteiger partial charge in [0.05, 0.1) is 11.9 Å². The van der Waals surface area contributed by atoms with Crippen LogP contribution in [0.5, 0.6) is 0 Å². The van der Waals surface area contributed by atoms with Gasteiger partial charge in [0.2, 0.25) is 0 Å². The van der Waals surface area contributed by atoms with Crippen molar-refractivity contribution in [1.29, 1.82) is 0 Å². The van der Waals surface area contributed by atoms with Gasteiger partial charge < -0.3 is 10.3 Å². The maximum absolute atomic E-state index is 4.49. The van der Waals surface area contributed by atoms with E-state index in [2.05, 4.69) is 39.6 Å². The van der Waals surface area contributed by atoms with Crippen LogP contribution in [0.25, 0.3) is 11.3 Å². The van der Waals surface area contributed by atoms with Gasteiger partial charge in [-0.15, -0.1) is 0 Å². The average Bonchev–Trinajstić information content (AvgIpc) is 2.89. The van der Waals surface area contributed by atoms with Gasteiger partial charge in [-0.3, -0.25) is 0 Å². The van der Waals surface area contributed by atoms with Crippen molar-refractivity contribution in [2.45, 2.75) is 31.7 Å². The van der Waals surface area contributed by atoms with E-state index in [-0.39, 0.29) is 0 Å². The molecule has 2 N–H and O–H groups in total. The second kappa shape index (κ2) is 5.36. The molecule has 3 rings (SSSR count). The van der Waals surface area contributed by atoms with Crippen molar-refractivity contribution in [2.24, 2.45) is 0 Å². The Bertz CT molecular complexity index is 483. The Morgan fingerprint density at radius 2 is 2.06 bits per heavy atom. The Kier molecular flexibility index (Phi) is 3.42. The van der Waals surface area contributed by atoms with Crippen molar-refractivity contribution in [3.05, 3.63) is 42.4 Å². The number of H-pyrrole nitrogens is 1. The van der Waals surface area contributed by atoms with Crippen LogP contribution < -0.4 is 5.32 Å². The first kappa shape index (κ1) is 11.5. The number of hydrogen-bond acceptors (Lipinski definition) is 2. The van der Waals surface area contributed by atoms with E-state index in [9.17, 15) is 0 Å². The second-order valence-electron chi connectivity index (χ2n) is 4.96. The summed E-state index contributed by atoms with van der Waals surface area (Å²) in [4.78, 5) is 7.92. The SMILES string of the molecule is c1ccc(-c2cnc(C[C@@H]3CCCCN3)[nH]2)cc1. The molecular weight excluding hydrogens is 222 g/mol. The standard InChI is InChI=1S/C15H19N3/c1-2-6-12(7-3-1)14-11-17-15(18-14)10-13-8-4-5-9-16-13/h1-3,6-7,11,13,16H,4-5,8-10H2,(H,17,18)/t13-/m0/s1. The molecule has 1 aromatic carbocycles. The first-order valence-corrected chi connectivity index (χ1v) is 6.74. The van der Waals surface area contributed by atoms with Gasteiger partial charge >= 0.3 is 0 Å². The van der Waals surface area contributed by atoms with Gasteiger partial charge in [-0.2, -0.15) is 0 Å². The minimum Gasteiger partial charge on any atom is -0.342 e. The number of benzene rings is 1. The molecule has 3 nitrogen and oxygen atoms in total. The smallest absolute Gasteiger partial charge is 0.108 e. The summed E-state index contributed by atoms with van der Waals surface area (Å²) in [5.74, 6) is 1.09. The number of aromatic amines is 1. The van der Waals surface area contributed by atoms with E-state index >= 15 is 0 Å². The lowest BCUT2D eigenvalue weighted by molar-refractivity contribution is 0.395. The zero-order valence-electron chi connectivity index (χ0n) is 10.5. The Morgan fingerprint density at radius 1 is 1.17 bits per heavy atom. The minimum absolute atomic E-state index is 0.591. The van der Waals surface area contributed by atoms with E-state index in [1.165, 1.54) is 24.8 Å². The summed E-state index contributed by atoms with van der Waals surface area (Å²) < 4.78 is 0. The Labute approximate surface area is 108 Å². The summed E-state index contributed by atoms with van der Waals surface area (Å²) in [7, 11) is 0. The molecule has 0 bridgehead atoms. The fourth-order valence-corrected chi connectivity index (χ4v) is 2.56. The van der Waals surface area contributed by atoms with Crippen LogP contribution in [0.15, 0.2) is 36.5 Å². The van der Waals surface area contributed by atoms with Gasteiger partial charge in [0.1, 0.15) is 5.82 Å². The normalized spacial score (nSPS) is 19.9. The van der Waals surface area contributed by atoms with Crippen molar-refractivity contribution in [1.82, 2.24) is 15.3 Å². The Balaban J connectivity index is 1.69. The third kappa shape index (κ3) is 2.62. The van der Waals surface area contributed by atoms with Crippen LogP contribution in [0.1, 0.15) is 25.1 Å². The lowest BCUT2D eigenvalue weighted by atomic mass is 10.0. The summed E-state index contributed by atoms with van der Waals surface area (Å²) in [6.45, 7) is 1.15. The lowest BCUT2D eigenvalue weighted by Gasteiger charge is -2.22. The predicted octanol–water partition coefficient (Wildman–Crippen LogP) is 2.76. The van der Waals surface area contributed by atoms with Crippen LogP contribution in [0.4, 0.5) is 0 Å². The van der Waals surface area contributed by atoms with Crippen molar-refractivity contribution in [3.63, 3.8) is 0 Å². The Morgan fingerprint density at radius 3 is 2.83 bits per heavy atom. The van der Waals surface area contributed by atoms with E-state index in [1.807, 2.05) is 12.3 Å². The monoisotopic (exact) mass is 241 g/mol. The molecule has 0 radical (unpaired) electrons. The molecule has 1 fully saturated rings. The number of aromatic nitrogens is 2. The summed E-state index contributed by atoms with van der Waals surface area (Å²) in [6, 6.07) is 10.9. The molecular formula is C15H19N3. The summed E-state index contributed by atoms with van der Waals surface area (Å²) in [5.41, 5.74) is 2.31. The highest BCUT2D eigenvalue weighted by Crippen LogP contribution is 2.17. The first-order chi connectivity index (χ1) is 8.92. The fourth-order valence-electron chi connectivity index (χ4n) is 2.56. The highest BCUT2D eigenvalue weighted by molar-refractivity contribution is 5.57. The van der Waals surface area contributed by atoms with Crippen LogP contribution in [-0.4, -0.2) is 22.6 Å². The van der Waals surface area contributed by atoms with Gasteiger partial charge in [0.25, 0.3) is 0 Å². The highest BCUT2D eigenvalue weighted by Gasteiger charge is 2.14. The maximum Gasteiger partial charge on any atom is 0.108 e. The van der Waals surface area contributed by atoms with Crippen molar-refractivity contribution >= 4 is 0 Å². The number of piperidine rings is 1. The van der Waals surface area contributed by atoms with E-state index in [4.69, 9.17) is 0 Å². The van der Waals surface area contributed by atoms with E-state index in [0.29, 0.717) is 6.04 Å². The maximum atomic E-state index is 4.49. The molecule has 18 heavy (non-hydrogen) atoms. The molecule has 94 valence electrons. The van der Waals surface area contributed by atoms with Gasteiger partial charge in [-0.1, -0.05) is 36.8 Å². The number of hydrogen-bond donors (Lipinski definition) is 2. The molecule has 1 saturated heterocycles. The minimum atomic E-state index is 0.591. The second-order valence-corrected chi connectivity index (χ2v) is 4.96. The molecule has 2 aromatic rings. The molecule has 0 aliphatic carbocycles.